The van der Waals surface area contributed by atoms with Crippen LogP contribution in [0.2, 0.25) is 0 Å². The van der Waals surface area contributed by atoms with E-state index in [1.165, 1.54) is 38.5 Å². The minimum atomic E-state index is -0.112. The fourth-order valence-corrected chi connectivity index (χ4v) is 3.82. The molecule has 0 bridgehead atoms. The Morgan fingerprint density at radius 3 is 2.61 bits per heavy atom. The van der Waals surface area contributed by atoms with E-state index in [0.29, 0.717) is 5.92 Å². The molecule has 1 heterocycles. The molecule has 1 aliphatic heterocycles. The molecule has 0 radical (unpaired) electrons. The molecular weight excluding hydrogens is 225 g/mol. The van der Waals surface area contributed by atoms with Gasteiger partial charge < -0.3 is 5.32 Å². The first kappa shape index (κ1) is 12.0. The SMILES string of the molecule is C[C@H]1CC2(CCCCCC2)Nc2ccc(F)cc21. The third-order valence-corrected chi connectivity index (χ3v) is 4.70. The van der Waals surface area contributed by atoms with Gasteiger partial charge >= 0.3 is 0 Å². The van der Waals surface area contributed by atoms with E-state index in [2.05, 4.69) is 12.2 Å². The Morgan fingerprint density at radius 1 is 1.17 bits per heavy atom. The molecule has 0 saturated heterocycles. The highest BCUT2D eigenvalue weighted by atomic mass is 19.1. The molecule has 1 atom stereocenters. The molecule has 2 aliphatic rings. The summed E-state index contributed by atoms with van der Waals surface area (Å²) in [5.74, 6) is 0.356. The molecule has 0 amide bonds. The molecule has 1 spiro atoms. The molecule has 18 heavy (non-hydrogen) atoms. The molecule has 0 aromatic heterocycles. The monoisotopic (exact) mass is 247 g/mol. The van der Waals surface area contributed by atoms with Crippen molar-refractivity contribution in [2.45, 2.75) is 63.3 Å². The number of nitrogens with one attached hydrogen (secondary N) is 1. The summed E-state index contributed by atoms with van der Waals surface area (Å²) in [7, 11) is 0. The summed E-state index contributed by atoms with van der Waals surface area (Å²) in [5, 5.41) is 3.74. The molecule has 1 N–H and O–H groups in total. The average Bonchev–Trinajstić information content (AvgIpc) is 2.56. The van der Waals surface area contributed by atoms with Crippen LogP contribution in [-0.4, -0.2) is 5.54 Å². The van der Waals surface area contributed by atoms with Crippen molar-refractivity contribution in [2.75, 3.05) is 5.32 Å². The van der Waals surface area contributed by atoms with E-state index < -0.39 is 0 Å². The van der Waals surface area contributed by atoms with Crippen molar-refractivity contribution >= 4 is 5.69 Å². The maximum atomic E-state index is 13.3. The summed E-state index contributed by atoms with van der Waals surface area (Å²) in [6.07, 6.45) is 9.10. The molecule has 1 aromatic carbocycles. The Kier molecular flexibility index (Phi) is 3.04. The fraction of sp³-hybridized carbons (Fsp3) is 0.625. The normalized spacial score (nSPS) is 26.2. The standard InChI is InChI=1S/C16H22FN/c1-12-11-16(8-4-2-3-5-9-16)18-15-7-6-13(17)10-14(12)15/h6-7,10,12,18H,2-5,8-9,11H2,1H3/t12-/m0/s1. The molecule has 0 unspecified atom stereocenters. The fourth-order valence-electron chi connectivity index (χ4n) is 3.82. The van der Waals surface area contributed by atoms with Gasteiger partial charge in [-0.2, -0.15) is 0 Å². The van der Waals surface area contributed by atoms with Crippen molar-refractivity contribution < 1.29 is 4.39 Å². The molecular formula is C16H22FN. The number of halogens is 1. The predicted molar refractivity (Wildman–Crippen MR) is 73.5 cm³/mol. The van der Waals surface area contributed by atoms with Crippen LogP contribution in [0, 0.1) is 5.82 Å². The van der Waals surface area contributed by atoms with Crippen molar-refractivity contribution in [3.05, 3.63) is 29.6 Å². The topological polar surface area (TPSA) is 12.0 Å². The van der Waals surface area contributed by atoms with Crippen LogP contribution in [0.5, 0.6) is 0 Å². The predicted octanol–water partition coefficient (Wildman–Crippen LogP) is 4.84. The number of rotatable bonds is 0. The zero-order valence-corrected chi connectivity index (χ0v) is 11.1. The summed E-state index contributed by atoms with van der Waals surface area (Å²) in [4.78, 5) is 0. The number of hydrogen-bond donors (Lipinski definition) is 1. The van der Waals surface area contributed by atoms with Crippen LogP contribution < -0.4 is 5.32 Å². The van der Waals surface area contributed by atoms with E-state index >= 15 is 0 Å². The third kappa shape index (κ3) is 2.13. The summed E-state index contributed by atoms with van der Waals surface area (Å²) in [5.41, 5.74) is 2.60. The van der Waals surface area contributed by atoms with Crippen LogP contribution in [0.1, 0.15) is 63.4 Å². The summed E-state index contributed by atoms with van der Waals surface area (Å²) in [6.45, 7) is 2.24. The maximum absolute atomic E-state index is 13.3. The largest absolute Gasteiger partial charge is 0.379 e. The first-order valence-electron chi connectivity index (χ1n) is 7.26. The van der Waals surface area contributed by atoms with Crippen molar-refractivity contribution in [3.63, 3.8) is 0 Å². The van der Waals surface area contributed by atoms with Gasteiger partial charge in [0.15, 0.2) is 0 Å². The average molecular weight is 247 g/mol. The van der Waals surface area contributed by atoms with Crippen molar-refractivity contribution in [1.29, 1.82) is 0 Å². The molecule has 1 aromatic rings. The van der Waals surface area contributed by atoms with E-state index in [9.17, 15) is 4.39 Å². The number of benzene rings is 1. The molecule has 1 nitrogen and oxygen atoms in total. The summed E-state index contributed by atoms with van der Waals surface area (Å²) in [6, 6.07) is 5.21. The molecule has 1 aliphatic carbocycles. The van der Waals surface area contributed by atoms with Crippen LogP contribution in [-0.2, 0) is 0 Å². The van der Waals surface area contributed by atoms with E-state index in [4.69, 9.17) is 0 Å². The second kappa shape index (κ2) is 4.56. The van der Waals surface area contributed by atoms with Crippen LogP contribution in [0.4, 0.5) is 10.1 Å². The van der Waals surface area contributed by atoms with Gasteiger partial charge in [-0.3, -0.25) is 0 Å². The Bertz CT molecular complexity index is 433. The molecule has 3 rings (SSSR count). The Labute approximate surface area is 109 Å². The molecule has 2 heteroatoms. The van der Waals surface area contributed by atoms with Gasteiger partial charge in [-0.1, -0.05) is 32.6 Å². The lowest BCUT2D eigenvalue weighted by Crippen LogP contribution is -2.42. The lowest BCUT2D eigenvalue weighted by molar-refractivity contribution is 0.343. The second-order valence-corrected chi connectivity index (χ2v) is 6.16. The van der Waals surface area contributed by atoms with Gasteiger partial charge in [-0.05, 0) is 48.9 Å². The quantitative estimate of drug-likeness (QED) is 0.692. The lowest BCUT2D eigenvalue weighted by atomic mass is 9.75. The molecule has 1 saturated carbocycles. The number of fused-ring (bicyclic) bond motifs is 1. The Morgan fingerprint density at radius 2 is 1.89 bits per heavy atom. The van der Waals surface area contributed by atoms with Gasteiger partial charge in [0.05, 0.1) is 0 Å². The first-order valence-corrected chi connectivity index (χ1v) is 7.26. The molecule has 98 valence electrons. The van der Waals surface area contributed by atoms with Crippen molar-refractivity contribution in [1.82, 2.24) is 0 Å². The minimum absolute atomic E-state index is 0.112. The number of hydrogen-bond acceptors (Lipinski definition) is 1. The zero-order chi connectivity index (χ0) is 12.6. The molecule has 1 fully saturated rings. The van der Waals surface area contributed by atoms with Gasteiger partial charge in [0, 0.05) is 11.2 Å². The lowest BCUT2D eigenvalue weighted by Gasteiger charge is -2.42. The summed E-state index contributed by atoms with van der Waals surface area (Å²) >= 11 is 0. The maximum Gasteiger partial charge on any atom is 0.123 e. The number of anilines is 1. The van der Waals surface area contributed by atoms with Gasteiger partial charge in [0.25, 0.3) is 0 Å². The van der Waals surface area contributed by atoms with E-state index in [1.807, 2.05) is 6.07 Å². The smallest absolute Gasteiger partial charge is 0.123 e. The van der Waals surface area contributed by atoms with E-state index in [-0.39, 0.29) is 11.4 Å². The van der Waals surface area contributed by atoms with Gasteiger partial charge in [0.1, 0.15) is 5.82 Å². The van der Waals surface area contributed by atoms with Crippen LogP contribution in [0.25, 0.3) is 0 Å². The Hall–Kier alpha value is -1.05. The second-order valence-electron chi connectivity index (χ2n) is 6.16. The summed E-state index contributed by atoms with van der Waals surface area (Å²) < 4.78 is 13.3. The Balaban J connectivity index is 1.92. The highest BCUT2D eigenvalue weighted by molar-refractivity contribution is 5.57. The van der Waals surface area contributed by atoms with E-state index in [0.717, 1.165) is 17.7 Å². The van der Waals surface area contributed by atoms with Crippen molar-refractivity contribution in [2.24, 2.45) is 0 Å². The van der Waals surface area contributed by atoms with Crippen molar-refractivity contribution in [3.8, 4) is 0 Å². The van der Waals surface area contributed by atoms with E-state index in [1.54, 1.807) is 12.1 Å². The van der Waals surface area contributed by atoms with Gasteiger partial charge in [0.2, 0.25) is 0 Å². The van der Waals surface area contributed by atoms with Crippen LogP contribution in [0.3, 0.4) is 0 Å². The minimum Gasteiger partial charge on any atom is -0.379 e. The van der Waals surface area contributed by atoms with Crippen LogP contribution >= 0.6 is 0 Å². The highest BCUT2D eigenvalue weighted by Crippen LogP contribution is 2.44. The first-order chi connectivity index (χ1) is 8.69. The van der Waals surface area contributed by atoms with Crippen LogP contribution in [0.15, 0.2) is 18.2 Å². The highest BCUT2D eigenvalue weighted by Gasteiger charge is 2.37. The van der Waals surface area contributed by atoms with Gasteiger partial charge in [-0.15, -0.1) is 0 Å². The van der Waals surface area contributed by atoms with Gasteiger partial charge in [-0.25, -0.2) is 4.39 Å². The zero-order valence-electron chi connectivity index (χ0n) is 11.1. The third-order valence-electron chi connectivity index (χ3n) is 4.70.